The molecule has 0 heterocycles. The van der Waals surface area contributed by atoms with E-state index in [0.29, 0.717) is 12.2 Å². The Hall–Kier alpha value is -1.36. The number of amides is 1. The minimum absolute atomic E-state index is 0.0240. The van der Waals surface area contributed by atoms with Crippen LogP contribution in [0.5, 0.6) is 0 Å². The van der Waals surface area contributed by atoms with Crippen molar-refractivity contribution in [1.82, 2.24) is 4.90 Å². The zero-order valence-electron chi connectivity index (χ0n) is 13.3. The fourth-order valence-electron chi connectivity index (χ4n) is 2.02. The molecule has 5 heteroatoms. The molecule has 1 rings (SSSR count). The molecule has 0 saturated carbocycles. The van der Waals surface area contributed by atoms with E-state index in [1.54, 1.807) is 31.3 Å². The monoisotopic (exact) mass is 369 g/mol. The number of unbranched alkanes of at least 4 members (excludes halogenated alkanes) is 4. The molecule has 0 unspecified atom stereocenters. The molecule has 0 aliphatic carbocycles. The second-order valence-corrected chi connectivity index (χ2v) is 6.22. The number of carbonyl (C=O) groups is 2. The zero-order chi connectivity index (χ0) is 16.4. The third-order valence-corrected chi connectivity index (χ3v) is 3.84. The number of rotatable bonds is 9. The van der Waals surface area contributed by atoms with Gasteiger partial charge in [-0.25, -0.2) is 0 Å². The molecule has 22 heavy (non-hydrogen) atoms. The molecule has 0 bridgehead atoms. The Labute approximate surface area is 141 Å². The number of esters is 1. The third kappa shape index (κ3) is 7.07. The number of nitrogens with zero attached hydrogens (tertiary/aromatic N) is 1. The largest absolute Gasteiger partial charge is 0.464 e. The lowest BCUT2D eigenvalue weighted by Gasteiger charge is -2.16. The SMILES string of the molecule is CCCCCCCOC(=O)CN(C)C(=O)c1ccc(Br)cc1. The Morgan fingerprint density at radius 3 is 2.36 bits per heavy atom. The molecule has 1 amide bonds. The molecular weight excluding hydrogens is 346 g/mol. The highest BCUT2D eigenvalue weighted by atomic mass is 79.9. The first kappa shape index (κ1) is 18.7. The van der Waals surface area contributed by atoms with Crippen molar-refractivity contribution in [3.05, 3.63) is 34.3 Å². The van der Waals surface area contributed by atoms with Gasteiger partial charge >= 0.3 is 5.97 Å². The number of likely N-dealkylation sites (N-methyl/N-ethyl adjacent to an activating group) is 1. The normalized spacial score (nSPS) is 10.3. The van der Waals surface area contributed by atoms with Crippen molar-refractivity contribution in [1.29, 1.82) is 0 Å². The molecule has 1 aromatic rings. The highest BCUT2D eigenvalue weighted by molar-refractivity contribution is 9.10. The minimum atomic E-state index is -0.358. The Bertz CT molecular complexity index is 473. The second-order valence-electron chi connectivity index (χ2n) is 5.30. The van der Waals surface area contributed by atoms with E-state index in [4.69, 9.17) is 4.74 Å². The molecule has 1 aromatic carbocycles. The molecule has 0 spiro atoms. The molecule has 0 aliphatic rings. The predicted molar refractivity (Wildman–Crippen MR) is 90.8 cm³/mol. The van der Waals surface area contributed by atoms with Crippen molar-refractivity contribution in [2.75, 3.05) is 20.2 Å². The summed E-state index contributed by atoms with van der Waals surface area (Å²) >= 11 is 3.32. The van der Waals surface area contributed by atoms with Crippen LogP contribution in [0.25, 0.3) is 0 Å². The maximum Gasteiger partial charge on any atom is 0.325 e. The average Bonchev–Trinajstić information content (AvgIpc) is 2.50. The molecule has 0 aliphatic heterocycles. The van der Waals surface area contributed by atoms with E-state index in [1.807, 2.05) is 0 Å². The Kier molecular flexibility index (Phi) is 8.82. The van der Waals surface area contributed by atoms with Crippen LogP contribution in [0.3, 0.4) is 0 Å². The Morgan fingerprint density at radius 2 is 1.73 bits per heavy atom. The lowest BCUT2D eigenvalue weighted by Crippen LogP contribution is -2.33. The van der Waals surface area contributed by atoms with Crippen LogP contribution in [0.1, 0.15) is 49.4 Å². The zero-order valence-corrected chi connectivity index (χ0v) is 14.9. The lowest BCUT2D eigenvalue weighted by molar-refractivity contribution is -0.144. The average molecular weight is 370 g/mol. The highest BCUT2D eigenvalue weighted by Gasteiger charge is 2.15. The standard InChI is InChI=1S/C17H24BrNO3/c1-3-4-5-6-7-12-22-16(20)13-19(2)17(21)14-8-10-15(18)11-9-14/h8-11H,3-7,12-13H2,1-2H3. The van der Waals surface area contributed by atoms with Crippen LogP contribution in [0.2, 0.25) is 0 Å². The van der Waals surface area contributed by atoms with Crippen molar-refractivity contribution in [3.63, 3.8) is 0 Å². The van der Waals surface area contributed by atoms with Crippen molar-refractivity contribution in [3.8, 4) is 0 Å². The molecule has 122 valence electrons. The Morgan fingerprint density at radius 1 is 1.09 bits per heavy atom. The molecule has 0 N–H and O–H groups in total. The smallest absolute Gasteiger partial charge is 0.325 e. The molecule has 0 fully saturated rings. The Balaban J connectivity index is 2.28. The second kappa shape index (κ2) is 10.4. The molecule has 4 nitrogen and oxygen atoms in total. The number of ether oxygens (including phenoxy) is 1. The van der Waals surface area contributed by atoms with Crippen LogP contribution >= 0.6 is 15.9 Å². The number of hydrogen-bond acceptors (Lipinski definition) is 3. The number of hydrogen-bond donors (Lipinski definition) is 0. The number of benzene rings is 1. The first-order chi connectivity index (χ1) is 10.5. The molecule has 0 saturated heterocycles. The van der Waals surface area contributed by atoms with Crippen molar-refractivity contribution >= 4 is 27.8 Å². The van der Waals surface area contributed by atoms with Gasteiger partial charge < -0.3 is 9.64 Å². The fraction of sp³-hybridized carbons (Fsp3) is 0.529. The molecule has 0 radical (unpaired) electrons. The highest BCUT2D eigenvalue weighted by Crippen LogP contribution is 2.12. The first-order valence-corrected chi connectivity index (χ1v) is 8.50. The third-order valence-electron chi connectivity index (χ3n) is 3.32. The first-order valence-electron chi connectivity index (χ1n) is 7.71. The van der Waals surface area contributed by atoms with Crippen molar-refractivity contribution < 1.29 is 14.3 Å². The van der Waals surface area contributed by atoms with Gasteiger partial charge in [0.05, 0.1) is 6.61 Å². The van der Waals surface area contributed by atoms with Gasteiger partial charge in [0, 0.05) is 17.1 Å². The summed E-state index contributed by atoms with van der Waals surface area (Å²) in [5, 5.41) is 0. The van der Waals surface area contributed by atoms with E-state index >= 15 is 0 Å². The van der Waals surface area contributed by atoms with Gasteiger partial charge in [0.25, 0.3) is 5.91 Å². The van der Waals surface area contributed by atoms with E-state index in [0.717, 1.165) is 17.3 Å². The van der Waals surface area contributed by atoms with Gasteiger partial charge in [0.2, 0.25) is 0 Å². The van der Waals surface area contributed by atoms with Crippen LogP contribution in [0.4, 0.5) is 0 Å². The van der Waals surface area contributed by atoms with Crippen molar-refractivity contribution in [2.24, 2.45) is 0 Å². The minimum Gasteiger partial charge on any atom is -0.464 e. The van der Waals surface area contributed by atoms with Gasteiger partial charge in [-0.2, -0.15) is 0 Å². The summed E-state index contributed by atoms with van der Waals surface area (Å²) in [6.45, 7) is 2.57. The topological polar surface area (TPSA) is 46.6 Å². The summed E-state index contributed by atoms with van der Waals surface area (Å²) in [6.07, 6.45) is 5.56. The van der Waals surface area contributed by atoms with Gasteiger partial charge in [-0.1, -0.05) is 48.5 Å². The van der Waals surface area contributed by atoms with Gasteiger partial charge in [0.1, 0.15) is 6.54 Å². The molecule has 0 atom stereocenters. The predicted octanol–water partition coefficient (Wildman–Crippen LogP) is 4.03. The lowest BCUT2D eigenvalue weighted by atomic mass is 10.2. The van der Waals surface area contributed by atoms with Gasteiger partial charge in [-0.05, 0) is 30.7 Å². The fourth-order valence-corrected chi connectivity index (χ4v) is 2.28. The summed E-state index contributed by atoms with van der Waals surface area (Å²) < 4.78 is 6.07. The van der Waals surface area contributed by atoms with Crippen LogP contribution in [-0.4, -0.2) is 37.0 Å². The van der Waals surface area contributed by atoms with E-state index in [9.17, 15) is 9.59 Å². The van der Waals surface area contributed by atoms with E-state index < -0.39 is 0 Å². The van der Waals surface area contributed by atoms with Gasteiger partial charge in [-0.15, -0.1) is 0 Å². The van der Waals surface area contributed by atoms with E-state index in [-0.39, 0.29) is 18.4 Å². The number of carbonyl (C=O) groups excluding carboxylic acids is 2. The maximum absolute atomic E-state index is 12.1. The molecular formula is C17H24BrNO3. The van der Waals surface area contributed by atoms with Crippen molar-refractivity contribution in [2.45, 2.75) is 39.0 Å². The van der Waals surface area contributed by atoms with Crippen LogP contribution in [-0.2, 0) is 9.53 Å². The summed E-state index contributed by atoms with van der Waals surface area (Å²) in [5.74, 6) is -0.546. The molecule has 0 aromatic heterocycles. The van der Waals surface area contributed by atoms with E-state index in [2.05, 4.69) is 22.9 Å². The summed E-state index contributed by atoms with van der Waals surface area (Å²) in [6, 6.07) is 7.05. The maximum atomic E-state index is 12.1. The van der Waals surface area contributed by atoms with Gasteiger partial charge in [0.15, 0.2) is 0 Å². The summed E-state index contributed by atoms with van der Waals surface area (Å²) in [7, 11) is 1.60. The van der Waals surface area contributed by atoms with Crippen LogP contribution in [0.15, 0.2) is 28.7 Å². The van der Waals surface area contributed by atoms with Crippen LogP contribution in [0, 0.1) is 0 Å². The van der Waals surface area contributed by atoms with E-state index in [1.165, 1.54) is 24.2 Å². The quantitative estimate of drug-likeness (QED) is 0.487. The van der Waals surface area contributed by atoms with Crippen LogP contribution < -0.4 is 0 Å². The summed E-state index contributed by atoms with van der Waals surface area (Å²) in [5.41, 5.74) is 0.554. The summed E-state index contributed by atoms with van der Waals surface area (Å²) in [4.78, 5) is 25.2. The van der Waals surface area contributed by atoms with Gasteiger partial charge in [-0.3, -0.25) is 9.59 Å². The number of halogens is 1.